The highest BCUT2D eigenvalue weighted by atomic mass is 79.9. The number of benzene rings is 1. The van der Waals surface area contributed by atoms with Crippen LogP contribution in [0.25, 0.3) is 5.65 Å². The zero-order chi connectivity index (χ0) is 14.8. The van der Waals surface area contributed by atoms with Gasteiger partial charge in [0.2, 0.25) is 5.91 Å². The Balaban J connectivity index is 1.75. The number of pyridine rings is 1. The number of nitrogens with zero attached hydrogens (tertiary/aromatic N) is 2. The second-order valence-corrected chi connectivity index (χ2v) is 5.84. The molecule has 3 rings (SSSR count). The zero-order valence-corrected chi connectivity index (χ0v) is 13.2. The number of aromatic nitrogens is 2. The van der Waals surface area contributed by atoms with Gasteiger partial charge in [-0.25, -0.2) is 4.98 Å². The molecule has 2 heterocycles. The van der Waals surface area contributed by atoms with Crippen LogP contribution in [-0.4, -0.2) is 15.3 Å². The summed E-state index contributed by atoms with van der Waals surface area (Å²) in [5, 5.41) is 3.48. The molecule has 0 spiro atoms. The van der Waals surface area contributed by atoms with Gasteiger partial charge in [0.05, 0.1) is 22.8 Å². The highest BCUT2D eigenvalue weighted by molar-refractivity contribution is 9.10. The standard InChI is InChI=1S/C15H11BrClN3O/c16-12-3-1-2-4-13(12)19-15(21)7-11-9-20-8-10(17)5-6-14(20)18-11/h1-6,8-9H,7H2,(H,19,21). The van der Waals surface area contributed by atoms with Crippen molar-refractivity contribution in [2.75, 3.05) is 5.32 Å². The van der Waals surface area contributed by atoms with E-state index in [4.69, 9.17) is 11.6 Å². The summed E-state index contributed by atoms with van der Waals surface area (Å²) >= 11 is 9.32. The van der Waals surface area contributed by atoms with Gasteiger partial charge < -0.3 is 9.72 Å². The van der Waals surface area contributed by atoms with Crippen molar-refractivity contribution >= 4 is 44.8 Å². The van der Waals surface area contributed by atoms with Crippen molar-refractivity contribution < 1.29 is 4.79 Å². The highest BCUT2D eigenvalue weighted by Crippen LogP contribution is 2.21. The Morgan fingerprint density at radius 3 is 2.86 bits per heavy atom. The van der Waals surface area contributed by atoms with Gasteiger partial charge in [-0.15, -0.1) is 0 Å². The number of anilines is 1. The first-order valence-electron chi connectivity index (χ1n) is 6.29. The van der Waals surface area contributed by atoms with E-state index in [1.54, 1.807) is 18.5 Å². The minimum atomic E-state index is -0.114. The van der Waals surface area contributed by atoms with Crippen molar-refractivity contribution in [3.05, 3.63) is 64.0 Å². The smallest absolute Gasteiger partial charge is 0.230 e. The first kappa shape index (κ1) is 14.1. The maximum Gasteiger partial charge on any atom is 0.230 e. The van der Waals surface area contributed by atoms with Crippen LogP contribution in [-0.2, 0) is 11.2 Å². The molecule has 0 saturated heterocycles. The van der Waals surface area contributed by atoms with Crippen molar-refractivity contribution in [3.8, 4) is 0 Å². The quantitative estimate of drug-likeness (QED) is 0.765. The Hall–Kier alpha value is -1.85. The van der Waals surface area contributed by atoms with E-state index < -0.39 is 0 Å². The van der Waals surface area contributed by atoms with Crippen LogP contribution < -0.4 is 5.32 Å². The number of hydrogen-bond acceptors (Lipinski definition) is 2. The summed E-state index contributed by atoms with van der Waals surface area (Å²) in [4.78, 5) is 16.5. The Kier molecular flexibility index (Phi) is 3.94. The summed E-state index contributed by atoms with van der Waals surface area (Å²) < 4.78 is 2.66. The van der Waals surface area contributed by atoms with Gasteiger partial charge in [-0.1, -0.05) is 23.7 Å². The normalized spacial score (nSPS) is 10.8. The van der Waals surface area contributed by atoms with Gasteiger partial charge in [0.25, 0.3) is 0 Å². The lowest BCUT2D eigenvalue weighted by atomic mass is 10.3. The molecule has 4 nitrogen and oxygen atoms in total. The fraction of sp³-hybridized carbons (Fsp3) is 0.0667. The van der Waals surface area contributed by atoms with Crippen LogP contribution in [0.4, 0.5) is 5.69 Å². The Morgan fingerprint density at radius 1 is 1.24 bits per heavy atom. The molecule has 106 valence electrons. The molecule has 1 amide bonds. The van der Waals surface area contributed by atoms with Crippen LogP contribution in [0.5, 0.6) is 0 Å². The third-order valence-electron chi connectivity index (χ3n) is 2.95. The molecule has 0 aliphatic heterocycles. The number of fused-ring (bicyclic) bond motifs is 1. The molecule has 0 aliphatic carbocycles. The molecule has 0 saturated carbocycles. The SMILES string of the molecule is O=C(Cc1cn2cc(Cl)ccc2n1)Nc1ccccc1Br. The molecule has 1 aromatic carbocycles. The number of carbonyl (C=O) groups is 1. The zero-order valence-electron chi connectivity index (χ0n) is 10.9. The number of rotatable bonds is 3. The number of hydrogen-bond donors (Lipinski definition) is 1. The molecule has 0 bridgehead atoms. The largest absolute Gasteiger partial charge is 0.325 e. The number of halogens is 2. The van der Waals surface area contributed by atoms with Crippen LogP contribution in [0, 0.1) is 0 Å². The van der Waals surface area contributed by atoms with Gasteiger partial charge in [0, 0.05) is 16.9 Å². The fourth-order valence-electron chi connectivity index (χ4n) is 2.02. The van der Waals surface area contributed by atoms with Crippen LogP contribution in [0.15, 0.2) is 53.3 Å². The van der Waals surface area contributed by atoms with Crippen molar-refractivity contribution in [2.45, 2.75) is 6.42 Å². The first-order chi connectivity index (χ1) is 10.1. The molecule has 21 heavy (non-hydrogen) atoms. The lowest BCUT2D eigenvalue weighted by molar-refractivity contribution is -0.115. The van der Waals surface area contributed by atoms with Gasteiger partial charge >= 0.3 is 0 Å². The fourth-order valence-corrected chi connectivity index (χ4v) is 2.58. The maximum absolute atomic E-state index is 12.1. The summed E-state index contributed by atoms with van der Waals surface area (Å²) in [5.41, 5.74) is 2.21. The van der Waals surface area contributed by atoms with Crippen molar-refractivity contribution in [2.24, 2.45) is 0 Å². The molecular formula is C15H11BrClN3O. The summed E-state index contributed by atoms with van der Waals surface area (Å²) in [5.74, 6) is -0.114. The third-order valence-corrected chi connectivity index (χ3v) is 3.87. The summed E-state index contributed by atoms with van der Waals surface area (Å²) in [7, 11) is 0. The molecule has 0 aliphatic rings. The molecule has 0 radical (unpaired) electrons. The Bertz CT molecular complexity index is 816. The molecular weight excluding hydrogens is 354 g/mol. The van der Waals surface area contributed by atoms with Gasteiger partial charge in [0.15, 0.2) is 0 Å². The predicted molar refractivity (Wildman–Crippen MR) is 86.7 cm³/mol. The predicted octanol–water partition coefficient (Wildman–Crippen LogP) is 3.93. The Labute approximate surface area is 134 Å². The number of carbonyl (C=O) groups excluding carboxylic acids is 1. The van der Waals surface area contributed by atoms with Crippen molar-refractivity contribution in [3.63, 3.8) is 0 Å². The summed E-state index contributed by atoms with van der Waals surface area (Å²) in [6, 6.07) is 11.1. The van der Waals surface area contributed by atoms with E-state index in [9.17, 15) is 4.79 Å². The molecule has 0 atom stereocenters. The highest BCUT2D eigenvalue weighted by Gasteiger charge is 2.09. The van der Waals surface area contributed by atoms with Gasteiger partial charge in [-0.2, -0.15) is 0 Å². The first-order valence-corrected chi connectivity index (χ1v) is 7.46. The monoisotopic (exact) mass is 363 g/mol. The summed E-state index contributed by atoms with van der Waals surface area (Å²) in [6.07, 6.45) is 3.78. The van der Waals surface area contributed by atoms with Crippen LogP contribution in [0.1, 0.15) is 5.69 Å². The molecule has 0 unspecified atom stereocenters. The minimum absolute atomic E-state index is 0.114. The van der Waals surface area contributed by atoms with Crippen LogP contribution >= 0.6 is 27.5 Å². The molecule has 2 aromatic heterocycles. The van der Waals surface area contributed by atoms with Gasteiger partial charge in [-0.05, 0) is 40.2 Å². The van der Waals surface area contributed by atoms with E-state index in [2.05, 4.69) is 26.2 Å². The third kappa shape index (κ3) is 3.25. The topological polar surface area (TPSA) is 46.4 Å². The minimum Gasteiger partial charge on any atom is -0.325 e. The average Bonchev–Trinajstić information content (AvgIpc) is 2.82. The van der Waals surface area contributed by atoms with E-state index in [1.165, 1.54) is 0 Å². The molecule has 1 N–H and O–H groups in total. The van der Waals surface area contributed by atoms with Crippen LogP contribution in [0.3, 0.4) is 0 Å². The van der Waals surface area contributed by atoms with Gasteiger partial charge in [0.1, 0.15) is 5.65 Å². The maximum atomic E-state index is 12.1. The Morgan fingerprint density at radius 2 is 2.05 bits per heavy atom. The van der Waals surface area contributed by atoms with Crippen molar-refractivity contribution in [1.82, 2.24) is 9.38 Å². The number of para-hydroxylation sites is 1. The van der Waals surface area contributed by atoms with E-state index >= 15 is 0 Å². The van der Waals surface area contributed by atoms with E-state index in [0.717, 1.165) is 15.8 Å². The van der Waals surface area contributed by atoms with Crippen molar-refractivity contribution in [1.29, 1.82) is 0 Å². The van der Waals surface area contributed by atoms with Gasteiger partial charge in [-0.3, -0.25) is 4.79 Å². The lowest BCUT2D eigenvalue weighted by Crippen LogP contribution is -2.14. The lowest BCUT2D eigenvalue weighted by Gasteiger charge is -2.05. The molecule has 0 fully saturated rings. The number of amides is 1. The molecule has 6 heteroatoms. The second-order valence-electron chi connectivity index (χ2n) is 4.55. The summed E-state index contributed by atoms with van der Waals surface area (Å²) in [6.45, 7) is 0. The van der Waals surface area contributed by atoms with E-state index in [0.29, 0.717) is 10.7 Å². The average molecular weight is 365 g/mol. The van der Waals surface area contributed by atoms with E-state index in [1.807, 2.05) is 34.7 Å². The number of nitrogens with one attached hydrogen (secondary N) is 1. The number of imidazole rings is 1. The van der Waals surface area contributed by atoms with Crippen LogP contribution in [0.2, 0.25) is 5.02 Å². The molecule has 3 aromatic rings. The van der Waals surface area contributed by atoms with E-state index in [-0.39, 0.29) is 12.3 Å². The second kappa shape index (κ2) is 5.87.